The van der Waals surface area contributed by atoms with Crippen molar-refractivity contribution in [1.29, 1.82) is 0 Å². The van der Waals surface area contributed by atoms with Crippen molar-refractivity contribution in [2.75, 3.05) is 13.2 Å². The zero-order valence-corrected chi connectivity index (χ0v) is 20.1. The number of benzene rings is 2. The molecule has 1 N–H and O–H groups in total. The van der Waals surface area contributed by atoms with Gasteiger partial charge in [0, 0.05) is 28.2 Å². The van der Waals surface area contributed by atoms with Crippen molar-refractivity contribution in [3.63, 3.8) is 0 Å². The molecule has 4 nitrogen and oxygen atoms in total. The van der Waals surface area contributed by atoms with Gasteiger partial charge in [-0.1, -0.05) is 12.1 Å². The van der Waals surface area contributed by atoms with Crippen molar-refractivity contribution in [3.8, 4) is 5.75 Å². The fourth-order valence-corrected chi connectivity index (χ4v) is 7.08. The summed E-state index contributed by atoms with van der Waals surface area (Å²) in [5, 5.41) is 13.2. The molecule has 172 valence electrons. The van der Waals surface area contributed by atoms with Gasteiger partial charge in [-0.25, -0.2) is 0 Å². The summed E-state index contributed by atoms with van der Waals surface area (Å²) in [5.74, 6) is 1.39. The number of hydrogen-bond donors (Lipinski definition) is 1. The van der Waals surface area contributed by atoms with Crippen LogP contribution >= 0.6 is 11.3 Å². The number of aliphatic hydroxyl groups is 1. The molecule has 0 aliphatic carbocycles. The van der Waals surface area contributed by atoms with Crippen LogP contribution in [0, 0.1) is 13.8 Å². The lowest BCUT2D eigenvalue weighted by Crippen LogP contribution is -2.47. The molecule has 2 saturated heterocycles. The topological polar surface area (TPSA) is 45.8 Å². The first kappa shape index (κ1) is 21.2. The van der Waals surface area contributed by atoms with Crippen molar-refractivity contribution < 1.29 is 14.3 Å². The predicted molar refractivity (Wildman–Crippen MR) is 135 cm³/mol. The van der Waals surface area contributed by atoms with Gasteiger partial charge in [0.1, 0.15) is 24.0 Å². The lowest BCUT2D eigenvalue weighted by Gasteiger charge is -2.40. The molecule has 3 atom stereocenters. The number of ether oxygens (including phenoxy) is 1. The van der Waals surface area contributed by atoms with E-state index in [9.17, 15) is 5.11 Å². The van der Waals surface area contributed by atoms with Crippen molar-refractivity contribution in [2.24, 2.45) is 0 Å². The average molecular weight is 462 g/mol. The molecule has 0 radical (unpaired) electrons. The highest BCUT2D eigenvalue weighted by molar-refractivity contribution is 7.19. The van der Waals surface area contributed by atoms with Crippen LogP contribution in [0.15, 0.2) is 53.1 Å². The second kappa shape index (κ2) is 8.46. The monoisotopic (exact) mass is 461 g/mol. The molecule has 2 aliphatic heterocycles. The number of rotatable bonds is 6. The molecular formula is C28H31NO3S. The lowest BCUT2D eigenvalue weighted by molar-refractivity contribution is 0.0321. The molecule has 2 fully saturated rings. The van der Waals surface area contributed by atoms with E-state index < -0.39 is 6.10 Å². The number of aliphatic hydroxyl groups excluding tert-OH is 1. The van der Waals surface area contributed by atoms with Crippen LogP contribution in [-0.4, -0.2) is 41.3 Å². The molecule has 6 rings (SSSR count). The van der Waals surface area contributed by atoms with E-state index >= 15 is 0 Å². The number of fused-ring (bicyclic) bond motifs is 4. The third-order valence-corrected chi connectivity index (χ3v) is 9.05. The van der Waals surface area contributed by atoms with Gasteiger partial charge in [-0.15, -0.1) is 11.3 Å². The Bertz CT molecular complexity index is 1280. The molecular weight excluding hydrogens is 430 g/mol. The molecule has 5 heteroatoms. The van der Waals surface area contributed by atoms with Crippen LogP contribution in [0.5, 0.6) is 5.75 Å². The second-order valence-electron chi connectivity index (χ2n) is 9.84. The second-order valence-corrected chi connectivity index (χ2v) is 11.1. The number of aryl methyl sites for hydroxylation is 2. The highest BCUT2D eigenvalue weighted by Gasteiger charge is 2.41. The summed E-state index contributed by atoms with van der Waals surface area (Å²) in [7, 11) is 0. The van der Waals surface area contributed by atoms with Gasteiger partial charge in [0.05, 0.1) is 11.6 Å². The zero-order chi connectivity index (χ0) is 22.5. The average Bonchev–Trinajstić information content (AvgIpc) is 3.47. The molecule has 4 aromatic rings. The highest BCUT2D eigenvalue weighted by Crippen LogP contribution is 2.44. The summed E-state index contributed by atoms with van der Waals surface area (Å²) in [5.41, 5.74) is 3.75. The van der Waals surface area contributed by atoms with Gasteiger partial charge in [-0.2, -0.15) is 0 Å². The Morgan fingerprint density at radius 3 is 2.73 bits per heavy atom. The minimum atomic E-state index is -0.500. The highest BCUT2D eigenvalue weighted by atomic mass is 32.1. The fraction of sp³-hybridized carbons (Fsp3) is 0.429. The Balaban J connectivity index is 1.11. The molecule has 0 spiro atoms. The number of piperidine rings is 1. The molecule has 4 heterocycles. The lowest BCUT2D eigenvalue weighted by atomic mass is 9.84. The van der Waals surface area contributed by atoms with Gasteiger partial charge in [0.15, 0.2) is 0 Å². The summed E-state index contributed by atoms with van der Waals surface area (Å²) in [6.07, 6.45) is 6.02. The maximum atomic E-state index is 10.8. The van der Waals surface area contributed by atoms with Gasteiger partial charge >= 0.3 is 0 Å². The van der Waals surface area contributed by atoms with Crippen LogP contribution in [-0.2, 0) is 0 Å². The SMILES string of the molecule is Cc1sc2ccc(C3CC4CCC(C3)N4C[C@H](O)COc3cccc4occc34)cc2c1C. The van der Waals surface area contributed by atoms with Crippen LogP contribution in [0.25, 0.3) is 21.1 Å². The molecule has 2 aromatic heterocycles. The smallest absolute Gasteiger partial charge is 0.137 e. The number of thiophene rings is 1. The van der Waals surface area contributed by atoms with Crippen molar-refractivity contribution in [1.82, 2.24) is 4.90 Å². The van der Waals surface area contributed by atoms with E-state index in [0.29, 0.717) is 31.2 Å². The Hall–Kier alpha value is -2.34. The Labute approximate surface area is 198 Å². The van der Waals surface area contributed by atoms with E-state index in [1.807, 2.05) is 35.6 Å². The molecule has 0 saturated carbocycles. The zero-order valence-electron chi connectivity index (χ0n) is 19.3. The minimum Gasteiger partial charge on any atom is -0.490 e. The summed E-state index contributed by atoms with van der Waals surface area (Å²) < 4.78 is 12.8. The molecule has 2 aliphatic rings. The maximum absolute atomic E-state index is 10.8. The normalized spacial score (nSPS) is 24.0. The van der Waals surface area contributed by atoms with Crippen molar-refractivity contribution in [2.45, 2.75) is 63.6 Å². The largest absolute Gasteiger partial charge is 0.490 e. The molecule has 2 unspecified atom stereocenters. The Morgan fingerprint density at radius 1 is 1.09 bits per heavy atom. The number of hydrogen-bond acceptors (Lipinski definition) is 5. The van der Waals surface area contributed by atoms with E-state index in [1.54, 1.807) is 6.26 Å². The van der Waals surface area contributed by atoms with E-state index in [0.717, 1.165) is 16.7 Å². The van der Waals surface area contributed by atoms with Gasteiger partial charge in [-0.3, -0.25) is 4.90 Å². The Kier molecular flexibility index (Phi) is 5.44. The first-order valence-electron chi connectivity index (χ1n) is 12.1. The van der Waals surface area contributed by atoms with Gasteiger partial charge in [0.25, 0.3) is 0 Å². The van der Waals surface area contributed by atoms with E-state index in [2.05, 4.69) is 36.9 Å². The Morgan fingerprint density at radius 2 is 1.91 bits per heavy atom. The standard InChI is InChI=1S/C28H31NO3S/c1-17-18(2)33-28-9-6-19(14-25(17)28)20-12-21-7-8-22(13-20)29(21)15-23(30)16-32-27-5-3-4-26-24(27)10-11-31-26/h3-6,9-11,14,20-23,30H,7-8,12-13,15-16H2,1-2H3/t20?,21?,22?,23-/m0/s1. The quantitative estimate of drug-likeness (QED) is 0.360. The summed E-state index contributed by atoms with van der Waals surface area (Å²) in [6, 6.07) is 16.0. The molecule has 2 aromatic carbocycles. The maximum Gasteiger partial charge on any atom is 0.137 e. The van der Waals surface area contributed by atoms with Crippen LogP contribution in [0.4, 0.5) is 0 Å². The van der Waals surface area contributed by atoms with E-state index in [-0.39, 0.29) is 0 Å². The number of furan rings is 1. The van der Waals surface area contributed by atoms with Crippen LogP contribution in [0.1, 0.15) is 47.6 Å². The van der Waals surface area contributed by atoms with Crippen LogP contribution in [0.3, 0.4) is 0 Å². The van der Waals surface area contributed by atoms with Crippen molar-refractivity contribution >= 4 is 32.4 Å². The summed E-state index contributed by atoms with van der Waals surface area (Å²) in [6.45, 7) is 5.46. The van der Waals surface area contributed by atoms with Crippen LogP contribution < -0.4 is 4.74 Å². The summed E-state index contributed by atoms with van der Waals surface area (Å²) >= 11 is 1.91. The van der Waals surface area contributed by atoms with Gasteiger partial charge < -0.3 is 14.3 Å². The third kappa shape index (κ3) is 3.86. The first-order valence-corrected chi connectivity index (χ1v) is 12.9. The number of nitrogens with zero attached hydrogens (tertiary/aromatic N) is 1. The van der Waals surface area contributed by atoms with Gasteiger partial charge in [0.2, 0.25) is 0 Å². The fourth-order valence-electron chi connectivity index (χ4n) is 6.03. The summed E-state index contributed by atoms with van der Waals surface area (Å²) in [4.78, 5) is 3.99. The van der Waals surface area contributed by atoms with E-state index in [1.165, 1.54) is 51.8 Å². The predicted octanol–water partition coefficient (Wildman–Crippen LogP) is 6.41. The van der Waals surface area contributed by atoms with Crippen molar-refractivity contribution in [3.05, 3.63) is 64.7 Å². The molecule has 2 bridgehead atoms. The van der Waals surface area contributed by atoms with E-state index in [4.69, 9.17) is 9.15 Å². The molecule has 33 heavy (non-hydrogen) atoms. The molecule has 0 amide bonds. The third-order valence-electron chi connectivity index (χ3n) is 7.86. The van der Waals surface area contributed by atoms with Crippen LogP contribution in [0.2, 0.25) is 0 Å². The minimum absolute atomic E-state index is 0.303. The van der Waals surface area contributed by atoms with Gasteiger partial charge in [-0.05, 0) is 92.3 Å². The first-order chi connectivity index (χ1) is 16.1.